The molecule has 1 saturated carbocycles. The van der Waals surface area contributed by atoms with Crippen molar-refractivity contribution in [1.82, 2.24) is 40.0 Å². The molecular weight excluding hydrogens is 574 g/mol. The average molecular weight is 612 g/mol. The molecule has 1 fully saturated rings. The van der Waals surface area contributed by atoms with Crippen LogP contribution in [-0.4, -0.2) is 79.6 Å². The van der Waals surface area contributed by atoms with Gasteiger partial charge in [-0.3, -0.25) is 4.68 Å². The second-order valence-electron chi connectivity index (χ2n) is 10.5. The van der Waals surface area contributed by atoms with Gasteiger partial charge in [0.1, 0.15) is 23.9 Å². The highest BCUT2D eigenvalue weighted by Gasteiger charge is 2.20. The van der Waals surface area contributed by atoms with Gasteiger partial charge in [-0.25, -0.2) is 14.6 Å². The normalized spacial score (nSPS) is 14.5. The van der Waals surface area contributed by atoms with E-state index in [9.17, 15) is 0 Å². The lowest BCUT2D eigenvalue weighted by atomic mass is 9.96. The molecule has 0 aliphatic heterocycles. The van der Waals surface area contributed by atoms with E-state index < -0.39 is 0 Å². The standard InChI is InChI=1S/C29H38ClN9O4/c1-21(18-38-20-33-36-37-38)43-27-15-22(9-10-25(27)30)23-16-31-29(32-17-23)34-26-19-39(24-7-4-3-5-8-24)35-28(26)42-12-6-11-41-14-13-40-2/h9-10,15-17,19-21,24H,3-8,11-14,18H2,1-2H3,(H,31,32,34)/t21-/m0/s1. The van der Waals surface area contributed by atoms with Crippen molar-refractivity contribution < 1.29 is 18.9 Å². The SMILES string of the molecule is COCCOCCCOc1nn(C2CCCCC2)cc1Nc1ncc(-c2ccc(Cl)c(O[C@@H](C)Cn3cnnn3)c2)cn1. The fourth-order valence-electron chi connectivity index (χ4n) is 4.89. The quantitative estimate of drug-likeness (QED) is 0.169. The molecule has 0 unspecified atom stereocenters. The van der Waals surface area contributed by atoms with E-state index in [0.29, 0.717) is 61.6 Å². The second kappa shape index (κ2) is 15.6. The molecule has 14 heteroatoms. The van der Waals surface area contributed by atoms with Gasteiger partial charge in [-0.1, -0.05) is 36.9 Å². The van der Waals surface area contributed by atoms with Crippen molar-refractivity contribution in [3.8, 4) is 22.8 Å². The van der Waals surface area contributed by atoms with Crippen LogP contribution in [0.25, 0.3) is 11.1 Å². The first-order valence-corrected chi connectivity index (χ1v) is 15.0. The van der Waals surface area contributed by atoms with E-state index in [4.69, 9.17) is 35.6 Å². The van der Waals surface area contributed by atoms with E-state index in [1.807, 2.05) is 29.9 Å². The van der Waals surface area contributed by atoms with Crippen LogP contribution >= 0.6 is 11.6 Å². The van der Waals surface area contributed by atoms with Crippen molar-refractivity contribution in [2.24, 2.45) is 0 Å². The van der Waals surface area contributed by atoms with Gasteiger partial charge in [0.05, 0.1) is 43.6 Å². The maximum absolute atomic E-state index is 6.43. The lowest BCUT2D eigenvalue weighted by Gasteiger charge is -2.21. The number of rotatable bonds is 16. The summed E-state index contributed by atoms with van der Waals surface area (Å²) in [6, 6.07) is 5.95. The zero-order valence-electron chi connectivity index (χ0n) is 24.6. The van der Waals surface area contributed by atoms with E-state index in [2.05, 4.69) is 30.8 Å². The Bertz CT molecular complexity index is 1400. The lowest BCUT2D eigenvalue weighted by Crippen LogP contribution is -2.20. The number of nitrogens with one attached hydrogen (secondary N) is 1. The molecule has 3 heterocycles. The molecule has 0 saturated heterocycles. The van der Waals surface area contributed by atoms with Gasteiger partial charge in [-0.15, -0.1) is 10.2 Å². The Morgan fingerprint density at radius 2 is 1.88 bits per heavy atom. The van der Waals surface area contributed by atoms with E-state index in [1.165, 1.54) is 19.3 Å². The third kappa shape index (κ3) is 8.85. The minimum atomic E-state index is -0.201. The zero-order chi connectivity index (χ0) is 29.9. The molecule has 4 aromatic rings. The first-order valence-electron chi connectivity index (χ1n) is 14.6. The third-order valence-electron chi connectivity index (χ3n) is 7.08. The lowest BCUT2D eigenvalue weighted by molar-refractivity contribution is 0.0641. The highest BCUT2D eigenvalue weighted by atomic mass is 35.5. The summed E-state index contributed by atoms with van der Waals surface area (Å²) < 4.78 is 26.3. The number of aromatic nitrogens is 8. The van der Waals surface area contributed by atoms with Crippen molar-refractivity contribution in [2.45, 2.75) is 64.1 Å². The number of anilines is 2. The first-order chi connectivity index (χ1) is 21.1. The van der Waals surface area contributed by atoms with Gasteiger partial charge >= 0.3 is 0 Å². The Morgan fingerprint density at radius 1 is 1.05 bits per heavy atom. The number of ether oxygens (including phenoxy) is 4. The largest absolute Gasteiger partial charge is 0.487 e. The van der Waals surface area contributed by atoms with Crippen LogP contribution in [0.4, 0.5) is 11.6 Å². The minimum Gasteiger partial charge on any atom is -0.487 e. The van der Waals surface area contributed by atoms with Crippen molar-refractivity contribution in [3.63, 3.8) is 0 Å². The summed E-state index contributed by atoms with van der Waals surface area (Å²) in [5.74, 6) is 1.54. The Labute approximate surface area is 255 Å². The summed E-state index contributed by atoms with van der Waals surface area (Å²) >= 11 is 6.43. The van der Waals surface area contributed by atoms with Crippen LogP contribution in [0, 0.1) is 0 Å². The molecule has 0 bridgehead atoms. The molecule has 1 aliphatic carbocycles. The molecule has 43 heavy (non-hydrogen) atoms. The van der Waals surface area contributed by atoms with E-state index in [1.54, 1.807) is 36.6 Å². The van der Waals surface area contributed by atoms with Crippen molar-refractivity contribution in [1.29, 1.82) is 0 Å². The van der Waals surface area contributed by atoms with Gasteiger partial charge in [-0.05, 0) is 47.9 Å². The summed E-state index contributed by atoms with van der Waals surface area (Å²) in [6.07, 6.45) is 13.5. The van der Waals surface area contributed by atoms with Crippen LogP contribution in [0.2, 0.25) is 5.02 Å². The van der Waals surface area contributed by atoms with E-state index in [-0.39, 0.29) is 6.10 Å². The van der Waals surface area contributed by atoms with Crippen LogP contribution in [0.1, 0.15) is 51.5 Å². The number of hydrogen-bond donors (Lipinski definition) is 1. The molecule has 5 rings (SSSR count). The van der Waals surface area contributed by atoms with Crippen LogP contribution < -0.4 is 14.8 Å². The number of methoxy groups -OCH3 is 1. The number of halogens is 1. The number of benzene rings is 1. The summed E-state index contributed by atoms with van der Waals surface area (Å²) in [5.41, 5.74) is 2.43. The molecule has 3 aromatic heterocycles. The predicted octanol–water partition coefficient (Wildman–Crippen LogP) is 5.13. The highest BCUT2D eigenvalue weighted by molar-refractivity contribution is 6.32. The van der Waals surface area contributed by atoms with Gasteiger partial charge in [0.25, 0.3) is 5.88 Å². The van der Waals surface area contributed by atoms with Gasteiger partial charge in [-0.2, -0.15) is 0 Å². The van der Waals surface area contributed by atoms with Gasteiger partial charge in [0, 0.05) is 38.1 Å². The molecule has 0 spiro atoms. The molecule has 1 atom stereocenters. The Kier molecular flexibility index (Phi) is 11.1. The van der Waals surface area contributed by atoms with Gasteiger partial charge in [0.2, 0.25) is 5.95 Å². The topological polar surface area (TPSA) is 136 Å². The molecule has 0 amide bonds. The van der Waals surface area contributed by atoms with Gasteiger partial charge < -0.3 is 24.3 Å². The first kappa shape index (κ1) is 30.6. The van der Waals surface area contributed by atoms with Crippen molar-refractivity contribution in [2.75, 3.05) is 38.9 Å². The van der Waals surface area contributed by atoms with Crippen LogP contribution in [0.15, 0.2) is 43.1 Å². The van der Waals surface area contributed by atoms with E-state index in [0.717, 1.165) is 36.1 Å². The summed E-state index contributed by atoms with van der Waals surface area (Å²) in [5, 5.41) is 19.8. The van der Waals surface area contributed by atoms with Crippen LogP contribution in [0.5, 0.6) is 11.6 Å². The maximum Gasteiger partial charge on any atom is 0.256 e. The zero-order valence-corrected chi connectivity index (χ0v) is 25.3. The Hall–Kier alpha value is -3.81. The minimum absolute atomic E-state index is 0.201. The molecule has 1 aromatic carbocycles. The summed E-state index contributed by atoms with van der Waals surface area (Å²) in [6.45, 7) is 4.64. The number of hydrogen-bond acceptors (Lipinski definition) is 11. The molecule has 13 nitrogen and oxygen atoms in total. The predicted molar refractivity (Wildman–Crippen MR) is 161 cm³/mol. The Balaban J connectivity index is 1.24. The van der Waals surface area contributed by atoms with Crippen molar-refractivity contribution in [3.05, 3.63) is 48.1 Å². The Morgan fingerprint density at radius 3 is 2.65 bits per heavy atom. The average Bonchev–Trinajstić information content (AvgIpc) is 3.69. The number of nitrogens with zero attached hydrogens (tertiary/aromatic N) is 8. The molecular formula is C29H38ClN9O4. The smallest absolute Gasteiger partial charge is 0.256 e. The third-order valence-corrected chi connectivity index (χ3v) is 7.39. The van der Waals surface area contributed by atoms with Crippen LogP contribution in [0.3, 0.4) is 0 Å². The molecule has 0 radical (unpaired) electrons. The van der Waals surface area contributed by atoms with Crippen molar-refractivity contribution >= 4 is 23.2 Å². The summed E-state index contributed by atoms with van der Waals surface area (Å²) in [7, 11) is 1.66. The fraction of sp³-hybridized carbons (Fsp3) is 0.517. The molecule has 1 N–H and O–H groups in total. The number of tetrazole rings is 1. The summed E-state index contributed by atoms with van der Waals surface area (Å²) in [4.78, 5) is 9.14. The van der Waals surface area contributed by atoms with Crippen LogP contribution in [-0.2, 0) is 16.0 Å². The fourth-order valence-corrected chi connectivity index (χ4v) is 5.05. The molecule has 230 valence electrons. The maximum atomic E-state index is 6.43. The second-order valence-corrected chi connectivity index (χ2v) is 10.9. The monoisotopic (exact) mass is 611 g/mol. The van der Waals surface area contributed by atoms with Gasteiger partial charge in [0.15, 0.2) is 0 Å². The highest BCUT2D eigenvalue weighted by Crippen LogP contribution is 2.34. The van der Waals surface area contributed by atoms with E-state index >= 15 is 0 Å². The molecule has 1 aliphatic rings.